The SMILES string of the molecule is C=C1CCC[C@]2(C)C[C@H]3OC(=O)C(CNCCN(CC)CC)[C@H]3CC12.O=C(O)C(=O)O. The summed E-state index contributed by atoms with van der Waals surface area (Å²) in [5.74, 6) is -2.64. The average Bonchev–Trinajstić information content (AvgIpc) is 3.00. The first-order valence-corrected chi connectivity index (χ1v) is 11.4. The van der Waals surface area contributed by atoms with Crippen LogP contribution in [0.1, 0.15) is 52.9 Å². The zero-order valence-electron chi connectivity index (χ0n) is 19.1. The van der Waals surface area contributed by atoms with Crippen molar-refractivity contribution in [3.63, 3.8) is 0 Å². The highest BCUT2D eigenvalue weighted by Gasteiger charge is 2.54. The number of hydrogen-bond donors (Lipinski definition) is 3. The Morgan fingerprint density at radius 3 is 2.48 bits per heavy atom. The number of carboxylic acids is 2. The number of carbonyl (C=O) groups is 3. The van der Waals surface area contributed by atoms with E-state index in [4.69, 9.17) is 24.5 Å². The number of allylic oxidation sites excluding steroid dienone is 1. The van der Waals surface area contributed by atoms with Gasteiger partial charge in [-0.2, -0.15) is 0 Å². The summed E-state index contributed by atoms with van der Waals surface area (Å²) in [5, 5.41) is 18.3. The monoisotopic (exact) mass is 438 g/mol. The van der Waals surface area contributed by atoms with E-state index in [1.807, 2.05) is 0 Å². The zero-order valence-corrected chi connectivity index (χ0v) is 19.1. The van der Waals surface area contributed by atoms with Gasteiger partial charge in [0.2, 0.25) is 0 Å². The lowest BCUT2D eigenvalue weighted by Gasteiger charge is -2.50. The fourth-order valence-electron chi connectivity index (χ4n) is 5.52. The first-order valence-electron chi connectivity index (χ1n) is 11.4. The Balaban J connectivity index is 0.000000501. The van der Waals surface area contributed by atoms with Crippen LogP contribution in [0.3, 0.4) is 0 Å². The Hall–Kier alpha value is -1.93. The van der Waals surface area contributed by atoms with E-state index in [9.17, 15) is 4.79 Å². The number of carbonyl (C=O) groups excluding carboxylic acids is 1. The van der Waals surface area contributed by atoms with E-state index in [2.05, 4.69) is 37.6 Å². The van der Waals surface area contributed by atoms with Gasteiger partial charge < -0.3 is 25.2 Å². The minimum atomic E-state index is -1.82. The molecule has 0 bridgehead atoms. The van der Waals surface area contributed by atoms with Crippen molar-refractivity contribution in [2.75, 3.05) is 32.7 Å². The summed E-state index contributed by atoms with van der Waals surface area (Å²) in [5.41, 5.74) is 1.71. The second-order valence-corrected chi connectivity index (χ2v) is 9.25. The molecule has 1 aliphatic heterocycles. The predicted molar refractivity (Wildman–Crippen MR) is 117 cm³/mol. The van der Waals surface area contributed by atoms with Gasteiger partial charge in [-0.3, -0.25) is 4.79 Å². The molecule has 0 amide bonds. The molecule has 8 heteroatoms. The van der Waals surface area contributed by atoms with Gasteiger partial charge in [0, 0.05) is 25.6 Å². The topological polar surface area (TPSA) is 116 Å². The van der Waals surface area contributed by atoms with Gasteiger partial charge in [0.25, 0.3) is 0 Å². The van der Waals surface area contributed by atoms with E-state index in [1.54, 1.807) is 0 Å². The van der Waals surface area contributed by atoms with E-state index >= 15 is 0 Å². The normalized spacial score (nSPS) is 31.9. The van der Waals surface area contributed by atoms with Crippen LogP contribution < -0.4 is 5.32 Å². The van der Waals surface area contributed by atoms with Crippen molar-refractivity contribution in [2.45, 2.75) is 59.0 Å². The van der Waals surface area contributed by atoms with Crippen LogP contribution >= 0.6 is 0 Å². The highest BCUT2D eigenvalue weighted by molar-refractivity contribution is 6.27. The van der Waals surface area contributed by atoms with E-state index in [1.165, 1.54) is 24.8 Å². The molecule has 31 heavy (non-hydrogen) atoms. The highest BCUT2D eigenvalue weighted by Crippen LogP contribution is 2.56. The lowest BCUT2D eigenvalue weighted by Crippen LogP contribution is -2.45. The van der Waals surface area contributed by atoms with Gasteiger partial charge in [0.05, 0.1) is 5.92 Å². The van der Waals surface area contributed by atoms with Gasteiger partial charge in [0.15, 0.2) is 0 Å². The van der Waals surface area contributed by atoms with Crippen molar-refractivity contribution >= 4 is 17.9 Å². The molecule has 0 aromatic carbocycles. The number of rotatable bonds is 7. The smallest absolute Gasteiger partial charge is 0.414 e. The van der Waals surface area contributed by atoms with Gasteiger partial charge in [0.1, 0.15) is 6.10 Å². The Bertz CT molecular complexity index is 665. The molecule has 1 heterocycles. The maximum Gasteiger partial charge on any atom is 0.414 e. The average molecular weight is 439 g/mol. The molecule has 0 spiro atoms. The Kier molecular flexibility index (Phi) is 9.06. The molecule has 5 atom stereocenters. The fraction of sp³-hybridized carbons (Fsp3) is 0.783. The van der Waals surface area contributed by atoms with E-state index in [0.717, 1.165) is 45.6 Å². The van der Waals surface area contributed by atoms with Crippen molar-refractivity contribution in [1.29, 1.82) is 0 Å². The van der Waals surface area contributed by atoms with Crippen LogP contribution in [0.4, 0.5) is 0 Å². The fourth-order valence-corrected chi connectivity index (χ4v) is 5.52. The Labute approximate surface area is 185 Å². The molecule has 2 saturated carbocycles. The number of carboxylic acid groups (broad SMARTS) is 2. The molecule has 2 aliphatic carbocycles. The summed E-state index contributed by atoms with van der Waals surface area (Å²) in [6.07, 6.45) is 5.92. The number of likely N-dealkylation sites (N-methyl/N-ethyl adjacent to an activating group) is 1. The number of esters is 1. The summed E-state index contributed by atoms with van der Waals surface area (Å²) < 4.78 is 5.83. The van der Waals surface area contributed by atoms with E-state index in [0.29, 0.717) is 17.3 Å². The van der Waals surface area contributed by atoms with Gasteiger partial charge in [-0.05, 0) is 56.5 Å². The molecule has 3 N–H and O–H groups in total. The lowest BCUT2D eigenvalue weighted by molar-refractivity contribution is -0.159. The van der Waals surface area contributed by atoms with Crippen LogP contribution in [0.15, 0.2) is 12.2 Å². The molecule has 3 fully saturated rings. The summed E-state index contributed by atoms with van der Waals surface area (Å²) >= 11 is 0. The lowest BCUT2D eigenvalue weighted by atomic mass is 9.55. The Morgan fingerprint density at radius 1 is 1.26 bits per heavy atom. The summed E-state index contributed by atoms with van der Waals surface area (Å²) in [4.78, 5) is 33.1. The first kappa shape index (κ1) is 25.3. The number of nitrogens with zero attached hydrogens (tertiary/aromatic N) is 1. The molecular formula is C23H38N2O6. The zero-order chi connectivity index (χ0) is 23.2. The quantitative estimate of drug-likeness (QED) is 0.240. The standard InChI is InChI=1S/C21H36N2O2.C2H2O4/c1-5-23(6-2)11-10-22-14-17-16-12-18-15(3)8-7-9-21(18,4)13-19(16)25-20(17)24;3-1(4)2(5)6/h16-19,22H,3,5-14H2,1-2,4H3;(H,3,4)(H,5,6)/t16-,17?,18?,19-,21-;/m1./s1. The van der Waals surface area contributed by atoms with Crippen molar-refractivity contribution in [3.8, 4) is 0 Å². The van der Waals surface area contributed by atoms with Crippen LogP contribution in [0.2, 0.25) is 0 Å². The largest absolute Gasteiger partial charge is 0.473 e. The minimum Gasteiger partial charge on any atom is -0.473 e. The maximum atomic E-state index is 12.5. The summed E-state index contributed by atoms with van der Waals surface area (Å²) in [7, 11) is 0. The summed E-state index contributed by atoms with van der Waals surface area (Å²) in [6.45, 7) is 16.0. The maximum absolute atomic E-state index is 12.5. The summed E-state index contributed by atoms with van der Waals surface area (Å²) in [6, 6.07) is 0. The molecule has 176 valence electrons. The number of ether oxygens (including phenoxy) is 1. The van der Waals surface area contributed by atoms with Crippen LogP contribution in [-0.4, -0.2) is 71.8 Å². The first-order chi connectivity index (χ1) is 14.6. The Morgan fingerprint density at radius 2 is 1.90 bits per heavy atom. The van der Waals surface area contributed by atoms with E-state index in [-0.39, 0.29) is 18.0 Å². The number of hydrogen-bond acceptors (Lipinski definition) is 6. The third-order valence-corrected chi connectivity index (χ3v) is 7.37. The van der Waals surface area contributed by atoms with Crippen LogP contribution in [-0.2, 0) is 19.1 Å². The van der Waals surface area contributed by atoms with Gasteiger partial charge in [-0.1, -0.05) is 32.9 Å². The van der Waals surface area contributed by atoms with Crippen LogP contribution in [0, 0.1) is 23.2 Å². The van der Waals surface area contributed by atoms with Gasteiger partial charge in [-0.15, -0.1) is 0 Å². The number of aliphatic carboxylic acids is 2. The third-order valence-electron chi connectivity index (χ3n) is 7.37. The molecule has 1 saturated heterocycles. The predicted octanol–water partition coefficient (Wildman–Crippen LogP) is 2.39. The molecule has 3 aliphatic rings. The molecule has 0 aromatic heterocycles. The van der Waals surface area contributed by atoms with E-state index < -0.39 is 11.9 Å². The highest BCUT2D eigenvalue weighted by atomic mass is 16.6. The third kappa shape index (κ3) is 6.29. The molecule has 2 unspecified atom stereocenters. The minimum absolute atomic E-state index is 0.0261. The van der Waals surface area contributed by atoms with Gasteiger partial charge in [-0.25, -0.2) is 9.59 Å². The molecular weight excluding hydrogens is 400 g/mol. The second-order valence-electron chi connectivity index (χ2n) is 9.25. The van der Waals surface area contributed by atoms with Crippen LogP contribution in [0.25, 0.3) is 0 Å². The van der Waals surface area contributed by atoms with Crippen molar-refractivity contribution in [2.24, 2.45) is 23.2 Å². The molecule has 0 radical (unpaired) electrons. The van der Waals surface area contributed by atoms with Gasteiger partial charge >= 0.3 is 17.9 Å². The van der Waals surface area contributed by atoms with Crippen molar-refractivity contribution in [1.82, 2.24) is 10.2 Å². The van der Waals surface area contributed by atoms with Crippen molar-refractivity contribution < 1.29 is 29.3 Å². The number of nitrogens with one attached hydrogen (secondary N) is 1. The van der Waals surface area contributed by atoms with Crippen molar-refractivity contribution in [3.05, 3.63) is 12.2 Å². The van der Waals surface area contributed by atoms with Crippen LogP contribution in [0.5, 0.6) is 0 Å². The molecule has 0 aromatic rings. The second kappa shape index (κ2) is 11.1. The molecule has 3 rings (SSSR count). The number of fused-ring (bicyclic) bond motifs is 2. The molecule has 8 nitrogen and oxygen atoms in total.